The van der Waals surface area contributed by atoms with E-state index in [1.165, 1.54) is 4.90 Å². The van der Waals surface area contributed by atoms with Gasteiger partial charge < -0.3 is 31.4 Å². The van der Waals surface area contributed by atoms with Crippen LogP contribution in [0.25, 0.3) is 10.9 Å². The van der Waals surface area contributed by atoms with Gasteiger partial charge in [-0.25, -0.2) is 4.79 Å². The molecular weight excluding hydrogens is 458 g/mol. The molecular formula is C23H31N5O5S. The van der Waals surface area contributed by atoms with Crippen LogP contribution in [0.4, 0.5) is 0 Å². The first kappa shape index (κ1) is 25.6. The average Bonchev–Trinajstić information content (AvgIpc) is 3.48. The van der Waals surface area contributed by atoms with Crippen LogP contribution in [0.5, 0.6) is 0 Å². The van der Waals surface area contributed by atoms with E-state index in [0.717, 1.165) is 22.2 Å². The fourth-order valence-corrected chi connectivity index (χ4v) is 4.59. The summed E-state index contributed by atoms with van der Waals surface area (Å²) in [5.41, 5.74) is 7.49. The number of H-pyrrole nitrogens is 1. The molecule has 11 heteroatoms. The Morgan fingerprint density at radius 1 is 1.29 bits per heavy atom. The molecule has 0 spiro atoms. The van der Waals surface area contributed by atoms with E-state index in [1.807, 2.05) is 30.5 Å². The highest BCUT2D eigenvalue weighted by Crippen LogP contribution is 2.21. The Balaban J connectivity index is 1.59. The molecule has 0 saturated carbocycles. The summed E-state index contributed by atoms with van der Waals surface area (Å²) < 4.78 is 0. The van der Waals surface area contributed by atoms with Crippen molar-refractivity contribution in [2.75, 3.05) is 25.1 Å². The number of likely N-dealkylation sites (tertiary alicyclic amines) is 1. The Labute approximate surface area is 202 Å². The van der Waals surface area contributed by atoms with Crippen LogP contribution < -0.4 is 16.4 Å². The van der Waals surface area contributed by atoms with Gasteiger partial charge in [0, 0.05) is 30.1 Å². The van der Waals surface area contributed by atoms with Gasteiger partial charge in [0.1, 0.15) is 12.1 Å². The Morgan fingerprint density at radius 3 is 2.79 bits per heavy atom. The summed E-state index contributed by atoms with van der Waals surface area (Å²) in [7, 11) is 0. The first-order valence-electron chi connectivity index (χ1n) is 11.2. The van der Waals surface area contributed by atoms with E-state index in [9.17, 15) is 24.3 Å². The van der Waals surface area contributed by atoms with E-state index in [0.29, 0.717) is 25.8 Å². The van der Waals surface area contributed by atoms with Crippen LogP contribution in [-0.2, 0) is 25.6 Å². The summed E-state index contributed by atoms with van der Waals surface area (Å²) in [5.74, 6) is -1.74. The van der Waals surface area contributed by atoms with Crippen molar-refractivity contribution in [3.63, 3.8) is 0 Å². The molecule has 2 heterocycles. The maximum Gasteiger partial charge on any atom is 0.326 e. The number of rotatable bonds is 11. The van der Waals surface area contributed by atoms with Gasteiger partial charge in [0.25, 0.3) is 0 Å². The topological polar surface area (TPSA) is 158 Å². The number of nitrogens with one attached hydrogen (secondary N) is 3. The van der Waals surface area contributed by atoms with E-state index in [2.05, 4.69) is 15.6 Å². The maximum absolute atomic E-state index is 12.9. The SMILES string of the molecule is CSCC[C@H](N)C(=O)NCC(=O)N1CCC[C@H]1C(=O)N[C@@H](Cc1c[nH]c2ccccc12)C(=O)O. The fraction of sp³-hybridized carbons (Fsp3) is 0.478. The molecule has 3 rings (SSSR count). The molecule has 0 bridgehead atoms. The van der Waals surface area contributed by atoms with Gasteiger partial charge in [0.2, 0.25) is 17.7 Å². The summed E-state index contributed by atoms with van der Waals surface area (Å²) in [6.07, 6.45) is 5.31. The number of aromatic nitrogens is 1. The van der Waals surface area contributed by atoms with Crippen molar-refractivity contribution in [1.82, 2.24) is 20.5 Å². The van der Waals surface area contributed by atoms with Gasteiger partial charge >= 0.3 is 5.97 Å². The van der Waals surface area contributed by atoms with Gasteiger partial charge in [-0.2, -0.15) is 11.8 Å². The number of amides is 3. The lowest BCUT2D eigenvalue weighted by Crippen LogP contribution is -2.53. The number of carboxylic acids is 1. The van der Waals surface area contributed by atoms with Gasteiger partial charge in [0.05, 0.1) is 12.6 Å². The minimum atomic E-state index is -1.15. The summed E-state index contributed by atoms with van der Waals surface area (Å²) >= 11 is 1.58. The molecule has 0 aliphatic carbocycles. The largest absolute Gasteiger partial charge is 0.480 e. The number of hydrogen-bond donors (Lipinski definition) is 5. The van der Waals surface area contributed by atoms with E-state index in [1.54, 1.807) is 18.0 Å². The molecule has 3 atom stereocenters. The van der Waals surface area contributed by atoms with Gasteiger partial charge in [-0.1, -0.05) is 18.2 Å². The number of benzene rings is 1. The average molecular weight is 490 g/mol. The number of fused-ring (bicyclic) bond motifs is 1. The van der Waals surface area contributed by atoms with Crippen LogP contribution in [0.15, 0.2) is 30.5 Å². The second kappa shape index (κ2) is 11.9. The summed E-state index contributed by atoms with van der Waals surface area (Å²) in [6, 6.07) is 4.91. The lowest BCUT2D eigenvalue weighted by atomic mass is 10.0. The molecule has 2 aromatic rings. The van der Waals surface area contributed by atoms with E-state index < -0.39 is 41.8 Å². The lowest BCUT2D eigenvalue weighted by Gasteiger charge is -2.26. The molecule has 1 aliphatic rings. The van der Waals surface area contributed by atoms with Gasteiger partial charge in [-0.3, -0.25) is 14.4 Å². The van der Waals surface area contributed by atoms with Crippen molar-refractivity contribution >= 4 is 46.4 Å². The third kappa shape index (κ3) is 6.29. The molecule has 1 fully saturated rings. The lowest BCUT2D eigenvalue weighted by molar-refractivity contribution is -0.144. The van der Waals surface area contributed by atoms with Crippen molar-refractivity contribution in [2.24, 2.45) is 5.73 Å². The zero-order chi connectivity index (χ0) is 24.7. The number of aliphatic carboxylic acids is 1. The fourth-order valence-electron chi connectivity index (χ4n) is 4.10. The zero-order valence-electron chi connectivity index (χ0n) is 19.1. The molecule has 34 heavy (non-hydrogen) atoms. The molecule has 0 radical (unpaired) electrons. The third-order valence-electron chi connectivity index (χ3n) is 5.97. The maximum atomic E-state index is 12.9. The number of carbonyl (C=O) groups is 4. The second-order valence-corrected chi connectivity index (χ2v) is 9.30. The van der Waals surface area contributed by atoms with Crippen LogP contribution in [0, 0.1) is 0 Å². The predicted octanol–water partition coefficient (Wildman–Crippen LogP) is 0.467. The smallest absolute Gasteiger partial charge is 0.326 e. The van der Waals surface area contributed by atoms with Gasteiger partial charge in [0.15, 0.2) is 0 Å². The first-order valence-corrected chi connectivity index (χ1v) is 12.6. The molecule has 184 valence electrons. The molecule has 1 aliphatic heterocycles. The van der Waals surface area contributed by atoms with Crippen molar-refractivity contribution in [3.8, 4) is 0 Å². The Morgan fingerprint density at radius 2 is 2.06 bits per heavy atom. The third-order valence-corrected chi connectivity index (χ3v) is 6.62. The van der Waals surface area contributed by atoms with Gasteiger partial charge in [-0.05, 0) is 42.9 Å². The molecule has 6 N–H and O–H groups in total. The number of hydrogen-bond acceptors (Lipinski definition) is 6. The number of carbonyl (C=O) groups excluding carboxylic acids is 3. The highest BCUT2D eigenvalue weighted by Gasteiger charge is 2.36. The molecule has 1 aromatic carbocycles. The summed E-state index contributed by atoms with van der Waals surface area (Å²) in [4.78, 5) is 54.1. The van der Waals surface area contributed by atoms with Crippen molar-refractivity contribution in [1.29, 1.82) is 0 Å². The highest BCUT2D eigenvalue weighted by atomic mass is 32.2. The van der Waals surface area contributed by atoms with Crippen molar-refractivity contribution in [3.05, 3.63) is 36.0 Å². The van der Waals surface area contributed by atoms with Crippen LogP contribution in [0.3, 0.4) is 0 Å². The van der Waals surface area contributed by atoms with Crippen LogP contribution in [0.2, 0.25) is 0 Å². The summed E-state index contributed by atoms with van der Waals surface area (Å²) in [6.45, 7) is 0.110. The minimum Gasteiger partial charge on any atom is -0.480 e. The van der Waals surface area contributed by atoms with E-state index >= 15 is 0 Å². The van der Waals surface area contributed by atoms with Crippen molar-refractivity contribution in [2.45, 2.75) is 43.8 Å². The first-order chi connectivity index (χ1) is 16.3. The highest BCUT2D eigenvalue weighted by molar-refractivity contribution is 7.98. The summed E-state index contributed by atoms with van der Waals surface area (Å²) in [5, 5.41) is 15.7. The van der Waals surface area contributed by atoms with Gasteiger partial charge in [-0.15, -0.1) is 0 Å². The quantitative estimate of drug-likeness (QED) is 0.307. The Kier molecular flexibility index (Phi) is 8.94. The number of thioether (sulfide) groups is 1. The van der Waals surface area contributed by atoms with Crippen LogP contribution >= 0.6 is 11.8 Å². The van der Waals surface area contributed by atoms with E-state index in [-0.39, 0.29) is 13.0 Å². The molecule has 10 nitrogen and oxygen atoms in total. The molecule has 0 unspecified atom stereocenters. The number of nitrogens with zero attached hydrogens (tertiary/aromatic N) is 1. The predicted molar refractivity (Wildman–Crippen MR) is 130 cm³/mol. The number of para-hydroxylation sites is 1. The molecule has 1 saturated heterocycles. The second-order valence-electron chi connectivity index (χ2n) is 8.31. The zero-order valence-corrected chi connectivity index (χ0v) is 19.9. The number of aromatic amines is 1. The molecule has 1 aromatic heterocycles. The number of carboxylic acid groups (broad SMARTS) is 1. The normalized spacial score (nSPS) is 17.4. The van der Waals surface area contributed by atoms with Crippen molar-refractivity contribution < 1.29 is 24.3 Å². The monoisotopic (exact) mass is 489 g/mol. The van der Waals surface area contributed by atoms with E-state index in [4.69, 9.17) is 5.73 Å². The molecule has 3 amide bonds. The van der Waals surface area contributed by atoms with Crippen LogP contribution in [0.1, 0.15) is 24.8 Å². The standard InChI is InChI=1S/C23H31N5O5S/c1-34-10-8-16(24)21(30)26-13-20(29)28-9-4-7-19(28)22(31)27-18(23(32)33)11-14-12-25-17-6-3-2-5-15(14)17/h2-3,5-6,12,16,18-19,25H,4,7-11,13,24H2,1H3,(H,26,30)(H,27,31)(H,32,33)/t16-,18-,19-/m0/s1. The number of nitrogens with two attached hydrogens (primary N) is 1. The Bertz CT molecular complexity index is 1040. The minimum absolute atomic E-state index is 0.107. The Hall–Kier alpha value is -3.05. The van der Waals surface area contributed by atoms with Crippen LogP contribution in [-0.4, -0.2) is 81.9 Å².